The highest BCUT2D eigenvalue weighted by molar-refractivity contribution is 6.76. The summed E-state index contributed by atoms with van der Waals surface area (Å²) >= 11 is 0. The number of carbonyl (C=O) groups is 2. The first-order valence-corrected chi connectivity index (χ1v) is 7.44. The summed E-state index contributed by atoms with van der Waals surface area (Å²) in [6.45, 7) is 6.60. The van der Waals surface area contributed by atoms with Gasteiger partial charge in [0.1, 0.15) is 0 Å². The number of carboxylic acids is 1. The maximum atomic E-state index is 10.4. The Hall–Kier alpha value is -0.843. The Kier molecular flexibility index (Phi) is 3.95. The Morgan fingerprint density at radius 1 is 1.33 bits per heavy atom. The van der Waals surface area contributed by atoms with Crippen LogP contribution in [0.4, 0.5) is 0 Å². The monoisotopic (exact) mass is 190 g/mol. The van der Waals surface area contributed by atoms with Crippen LogP contribution in [0.5, 0.6) is 0 Å². The Balaban J connectivity index is 3.58. The number of rotatable bonds is 3. The number of carboxylic acid groups (broad SMARTS) is 1. The van der Waals surface area contributed by atoms with Crippen LogP contribution in [-0.2, 0) is 14.3 Å². The summed E-state index contributed by atoms with van der Waals surface area (Å²) < 4.78 is 4.48. The van der Waals surface area contributed by atoms with Gasteiger partial charge in [-0.3, -0.25) is 0 Å². The largest absolute Gasteiger partial charge is 0.473 e. The number of hydrogen-bond acceptors (Lipinski definition) is 3. The molecule has 0 amide bonds. The van der Waals surface area contributed by atoms with Crippen molar-refractivity contribution in [3.05, 3.63) is 0 Å². The molecule has 0 aliphatic carbocycles. The molecule has 0 aliphatic rings. The zero-order chi connectivity index (χ0) is 9.78. The average Bonchev–Trinajstić information content (AvgIpc) is 1.84. The minimum atomic E-state index is -1.52. The standard InChI is InChI=1S/C7H14O4Si/c1-12(2,3)5-4-11-7(10)6(8)9/h4-5H2,1-3H3,(H,8,9). The molecule has 0 rings (SSSR count). The van der Waals surface area contributed by atoms with Gasteiger partial charge in [0, 0.05) is 8.07 Å². The number of carbonyl (C=O) groups excluding carboxylic acids is 1. The second kappa shape index (κ2) is 4.25. The molecule has 4 nitrogen and oxygen atoms in total. The normalized spacial score (nSPS) is 10.9. The molecule has 1 N–H and O–H groups in total. The molecule has 0 aromatic rings. The first-order valence-electron chi connectivity index (χ1n) is 3.73. The van der Waals surface area contributed by atoms with E-state index in [-0.39, 0.29) is 6.61 Å². The predicted molar refractivity (Wildman–Crippen MR) is 46.7 cm³/mol. The molecule has 12 heavy (non-hydrogen) atoms. The van der Waals surface area contributed by atoms with Gasteiger partial charge in [-0.05, 0) is 6.04 Å². The van der Waals surface area contributed by atoms with Crippen LogP contribution in [0.15, 0.2) is 0 Å². The van der Waals surface area contributed by atoms with E-state index in [1.807, 2.05) is 0 Å². The molecule has 0 saturated heterocycles. The number of esters is 1. The summed E-state index contributed by atoms with van der Waals surface area (Å²) in [5, 5.41) is 8.15. The van der Waals surface area contributed by atoms with Crippen LogP contribution >= 0.6 is 0 Å². The van der Waals surface area contributed by atoms with Crippen molar-refractivity contribution in [3.63, 3.8) is 0 Å². The summed E-state index contributed by atoms with van der Waals surface area (Å²) in [4.78, 5) is 20.4. The van der Waals surface area contributed by atoms with Gasteiger partial charge in [0.15, 0.2) is 0 Å². The van der Waals surface area contributed by atoms with Gasteiger partial charge in [-0.1, -0.05) is 19.6 Å². The lowest BCUT2D eigenvalue weighted by molar-refractivity contribution is -0.163. The minimum absolute atomic E-state index is 0.223. The van der Waals surface area contributed by atoms with E-state index in [1.165, 1.54) is 0 Å². The second-order valence-corrected chi connectivity index (χ2v) is 9.37. The Bertz CT molecular complexity index is 182. The quantitative estimate of drug-likeness (QED) is 0.409. The van der Waals surface area contributed by atoms with Gasteiger partial charge in [-0.15, -0.1) is 0 Å². The number of hydrogen-bond donors (Lipinski definition) is 1. The van der Waals surface area contributed by atoms with Crippen LogP contribution < -0.4 is 0 Å². The molecule has 0 radical (unpaired) electrons. The van der Waals surface area contributed by atoms with Crippen molar-refractivity contribution in [1.29, 1.82) is 0 Å². The molecule has 0 atom stereocenters. The van der Waals surface area contributed by atoms with E-state index in [2.05, 4.69) is 24.4 Å². The highest BCUT2D eigenvalue weighted by atomic mass is 28.3. The summed E-state index contributed by atoms with van der Waals surface area (Å²) in [6, 6.07) is 0.798. The summed E-state index contributed by atoms with van der Waals surface area (Å²) in [7, 11) is -1.23. The average molecular weight is 190 g/mol. The molecule has 0 aliphatic heterocycles. The highest BCUT2D eigenvalue weighted by Gasteiger charge is 2.16. The van der Waals surface area contributed by atoms with Gasteiger partial charge in [-0.2, -0.15) is 0 Å². The van der Waals surface area contributed by atoms with Crippen molar-refractivity contribution >= 4 is 20.0 Å². The van der Waals surface area contributed by atoms with Crippen molar-refractivity contribution in [2.24, 2.45) is 0 Å². The molecular formula is C7H14O4Si. The van der Waals surface area contributed by atoms with Crippen molar-refractivity contribution < 1.29 is 19.4 Å². The summed E-state index contributed by atoms with van der Waals surface area (Å²) in [5.41, 5.74) is 0. The summed E-state index contributed by atoms with van der Waals surface area (Å²) in [5.74, 6) is -2.68. The van der Waals surface area contributed by atoms with E-state index in [0.29, 0.717) is 0 Å². The maximum Gasteiger partial charge on any atom is 0.417 e. The highest BCUT2D eigenvalue weighted by Crippen LogP contribution is 2.07. The van der Waals surface area contributed by atoms with Gasteiger partial charge in [-0.25, -0.2) is 9.59 Å². The number of ether oxygens (including phenoxy) is 1. The van der Waals surface area contributed by atoms with E-state index < -0.39 is 20.0 Å². The third-order valence-corrected chi connectivity index (χ3v) is 2.96. The molecule has 0 aromatic heterocycles. The minimum Gasteiger partial charge on any atom is -0.473 e. The maximum absolute atomic E-state index is 10.4. The predicted octanol–water partition coefficient (Wildman–Crippen LogP) is 0.952. The zero-order valence-corrected chi connectivity index (χ0v) is 8.59. The van der Waals surface area contributed by atoms with Crippen molar-refractivity contribution in [2.75, 3.05) is 6.61 Å². The van der Waals surface area contributed by atoms with Crippen LogP contribution in [0.3, 0.4) is 0 Å². The molecule has 0 aromatic carbocycles. The molecule has 0 saturated carbocycles. The lowest BCUT2D eigenvalue weighted by Gasteiger charge is -2.14. The molecule has 0 bridgehead atoms. The molecule has 5 heteroatoms. The van der Waals surface area contributed by atoms with Gasteiger partial charge >= 0.3 is 11.9 Å². The number of aliphatic carboxylic acids is 1. The zero-order valence-electron chi connectivity index (χ0n) is 7.59. The van der Waals surface area contributed by atoms with Gasteiger partial charge in [0.25, 0.3) is 0 Å². The van der Waals surface area contributed by atoms with E-state index in [0.717, 1.165) is 6.04 Å². The smallest absolute Gasteiger partial charge is 0.417 e. The van der Waals surface area contributed by atoms with Crippen LogP contribution in [0.25, 0.3) is 0 Å². The SMILES string of the molecule is C[Si](C)(C)CCOC(=O)C(=O)O. The first kappa shape index (κ1) is 11.2. The molecule has 70 valence electrons. The van der Waals surface area contributed by atoms with E-state index in [4.69, 9.17) is 5.11 Å². The lowest BCUT2D eigenvalue weighted by atomic mass is 10.7. The molecule has 0 unspecified atom stereocenters. The van der Waals surface area contributed by atoms with Crippen molar-refractivity contribution in [1.82, 2.24) is 0 Å². The van der Waals surface area contributed by atoms with Gasteiger partial charge < -0.3 is 9.84 Å². The third kappa shape index (κ3) is 5.91. The molecule has 0 spiro atoms. The summed E-state index contributed by atoms with van der Waals surface area (Å²) in [6.07, 6.45) is 0. The van der Waals surface area contributed by atoms with Crippen LogP contribution in [-0.4, -0.2) is 31.7 Å². The molecule has 0 heterocycles. The van der Waals surface area contributed by atoms with Gasteiger partial charge in [0.2, 0.25) is 0 Å². The van der Waals surface area contributed by atoms with E-state index in [1.54, 1.807) is 0 Å². The van der Waals surface area contributed by atoms with Crippen molar-refractivity contribution in [2.45, 2.75) is 25.7 Å². The lowest BCUT2D eigenvalue weighted by Crippen LogP contribution is -2.24. The topological polar surface area (TPSA) is 63.6 Å². The van der Waals surface area contributed by atoms with E-state index in [9.17, 15) is 9.59 Å². The van der Waals surface area contributed by atoms with Crippen LogP contribution in [0.2, 0.25) is 25.7 Å². The van der Waals surface area contributed by atoms with Crippen LogP contribution in [0, 0.1) is 0 Å². The fraction of sp³-hybridized carbons (Fsp3) is 0.714. The Labute approximate surface area is 72.5 Å². The third-order valence-electron chi connectivity index (χ3n) is 1.26. The first-order chi connectivity index (χ1) is 5.33. The molecular weight excluding hydrogens is 176 g/mol. The fourth-order valence-corrected chi connectivity index (χ4v) is 1.23. The Morgan fingerprint density at radius 3 is 2.17 bits per heavy atom. The van der Waals surface area contributed by atoms with Gasteiger partial charge in [0.05, 0.1) is 6.61 Å². The van der Waals surface area contributed by atoms with Crippen molar-refractivity contribution in [3.8, 4) is 0 Å². The Morgan fingerprint density at radius 2 is 1.83 bits per heavy atom. The molecule has 0 fully saturated rings. The second-order valence-electron chi connectivity index (χ2n) is 3.75. The van der Waals surface area contributed by atoms with Crippen LogP contribution in [0.1, 0.15) is 0 Å². The fourth-order valence-electron chi connectivity index (χ4n) is 0.512. The van der Waals surface area contributed by atoms with E-state index >= 15 is 0 Å².